The average Bonchev–Trinajstić information content (AvgIpc) is 2.48. The van der Waals surface area contributed by atoms with Crippen molar-refractivity contribution in [3.63, 3.8) is 0 Å². The van der Waals surface area contributed by atoms with Gasteiger partial charge in [0.05, 0.1) is 6.54 Å². The van der Waals surface area contributed by atoms with Crippen molar-refractivity contribution >= 4 is 23.1 Å². The molecule has 1 rings (SSSR count). The fourth-order valence-corrected chi connectivity index (χ4v) is 1.81. The van der Waals surface area contributed by atoms with E-state index in [1.807, 2.05) is 11.2 Å². The Morgan fingerprint density at radius 3 is 2.79 bits per heavy atom. The number of aliphatic imine (C=N–C) groups is 1. The summed E-state index contributed by atoms with van der Waals surface area (Å²) in [5.41, 5.74) is 0.183. The van der Waals surface area contributed by atoms with E-state index in [4.69, 9.17) is 0 Å². The monoisotopic (exact) mass is 213 g/mol. The maximum Gasteiger partial charge on any atom is 0.179 e. The predicted molar refractivity (Wildman–Crippen MR) is 65.1 cm³/mol. The second-order valence-electron chi connectivity index (χ2n) is 4.16. The molecule has 80 valence electrons. The van der Waals surface area contributed by atoms with E-state index in [1.54, 1.807) is 11.8 Å². The predicted octanol–water partition coefficient (Wildman–Crippen LogP) is 2.44. The van der Waals surface area contributed by atoms with Gasteiger partial charge in [0.15, 0.2) is 5.17 Å². The Balaban J connectivity index is 2.61. The molecule has 0 spiro atoms. The van der Waals surface area contributed by atoms with Gasteiger partial charge in [0.25, 0.3) is 0 Å². The SMILES string of the molecule is CCCN=C(SC)N1CC(C)(C)C=N1. The van der Waals surface area contributed by atoms with Gasteiger partial charge in [0, 0.05) is 18.2 Å². The Morgan fingerprint density at radius 1 is 1.64 bits per heavy atom. The third kappa shape index (κ3) is 3.01. The molecule has 0 fully saturated rings. The maximum atomic E-state index is 4.50. The summed E-state index contributed by atoms with van der Waals surface area (Å²) in [4.78, 5) is 4.50. The first-order valence-corrected chi connectivity index (χ1v) is 6.22. The van der Waals surface area contributed by atoms with Gasteiger partial charge >= 0.3 is 0 Å². The normalized spacial score (nSPS) is 20.6. The fourth-order valence-electron chi connectivity index (χ4n) is 1.27. The second-order valence-corrected chi connectivity index (χ2v) is 4.93. The van der Waals surface area contributed by atoms with Crippen LogP contribution in [-0.2, 0) is 0 Å². The molecular formula is C10H19N3S. The molecule has 1 aliphatic heterocycles. The van der Waals surface area contributed by atoms with Gasteiger partial charge in [-0.15, -0.1) is 0 Å². The molecule has 0 aromatic heterocycles. The smallest absolute Gasteiger partial charge is 0.179 e. The van der Waals surface area contributed by atoms with Crippen molar-refractivity contribution < 1.29 is 0 Å². The van der Waals surface area contributed by atoms with Crippen molar-refractivity contribution in [1.29, 1.82) is 0 Å². The number of amidine groups is 1. The molecule has 0 bridgehead atoms. The van der Waals surface area contributed by atoms with Crippen LogP contribution in [0.5, 0.6) is 0 Å². The number of nitrogens with zero attached hydrogens (tertiary/aromatic N) is 3. The summed E-state index contributed by atoms with van der Waals surface area (Å²) < 4.78 is 0. The second kappa shape index (κ2) is 4.82. The Kier molecular flexibility index (Phi) is 3.98. The minimum absolute atomic E-state index is 0.183. The molecular weight excluding hydrogens is 194 g/mol. The lowest BCUT2D eigenvalue weighted by Gasteiger charge is -2.19. The highest BCUT2D eigenvalue weighted by Crippen LogP contribution is 2.23. The maximum absolute atomic E-state index is 4.50. The van der Waals surface area contributed by atoms with Crippen molar-refractivity contribution in [2.45, 2.75) is 27.2 Å². The van der Waals surface area contributed by atoms with Gasteiger partial charge < -0.3 is 0 Å². The van der Waals surface area contributed by atoms with Gasteiger partial charge in [-0.25, -0.2) is 5.01 Å². The summed E-state index contributed by atoms with van der Waals surface area (Å²) in [6.07, 6.45) is 5.14. The first-order chi connectivity index (χ1) is 6.59. The van der Waals surface area contributed by atoms with Crippen molar-refractivity contribution in [2.24, 2.45) is 15.5 Å². The fraction of sp³-hybridized carbons (Fsp3) is 0.800. The van der Waals surface area contributed by atoms with E-state index >= 15 is 0 Å². The largest absolute Gasteiger partial charge is 0.261 e. The van der Waals surface area contributed by atoms with Gasteiger partial charge in [-0.1, -0.05) is 32.5 Å². The van der Waals surface area contributed by atoms with Gasteiger partial charge in [-0.05, 0) is 12.7 Å². The summed E-state index contributed by atoms with van der Waals surface area (Å²) in [6.45, 7) is 8.35. The topological polar surface area (TPSA) is 28.0 Å². The first kappa shape index (κ1) is 11.6. The summed E-state index contributed by atoms with van der Waals surface area (Å²) in [6, 6.07) is 0. The molecule has 0 aromatic rings. The van der Waals surface area contributed by atoms with Gasteiger partial charge in [0.1, 0.15) is 0 Å². The van der Waals surface area contributed by atoms with Crippen molar-refractivity contribution in [2.75, 3.05) is 19.3 Å². The van der Waals surface area contributed by atoms with E-state index in [9.17, 15) is 0 Å². The molecule has 0 unspecified atom stereocenters. The zero-order valence-electron chi connectivity index (χ0n) is 9.45. The Labute approximate surface area is 90.7 Å². The molecule has 0 saturated carbocycles. The van der Waals surface area contributed by atoms with E-state index in [1.165, 1.54) is 0 Å². The number of hydrazone groups is 1. The van der Waals surface area contributed by atoms with Crippen LogP contribution < -0.4 is 0 Å². The van der Waals surface area contributed by atoms with Crippen LogP contribution in [0.15, 0.2) is 10.1 Å². The molecule has 0 radical (unpaired) electrons. The summed E-state index contributed by atoms with van der Waals surface area (Å²) >= 11 is 1.67. The Morgan fingerprint density at radius 2 is 2.36 bits per heavy atom. The van der Waals surface area contributed by atoms with Crippen molar-refractivity contribution in [3.05, 3.63) is 0 Å². The molecule has 14 heavy (non-hydrogen) atoms. The molecule has 0 aromatic carbocycles. The van der Waals surface area contributed by atoms with Crippen molar-refractivity contribution in [3.8, 4) is 0 Å². The lowest BCUT2D eigenvalue weighted by Crippen LogP contribution is -2.27. The lowest BCUT2D eigenvalue weighted by atomic mass is 9.97. The van der Waals surface area contributed by atoms with Crippen LogP contribution >= 0.6 is 11.8 Å². The number of rotatable bonds is 2. The van der Waals surface area contributed by atoms with Crippen LogP contribution in [-0.4, -0.2) is 35.7 Å². The minimum atomic E-state index is 0.183. The molecule has 4 heteroatoms. The van der Waals surface area contributed by atoms with Crippen molar-refractivity contribution in [1.82, 2.24) is 5.01 Å². The van der Waals surface area contributed by atoms with Gasteiger partial charge in [-0.2, -0.15) is 5.10 Å². The van der Waals surface area contributed by atoms with E-state index in [2.05, 4.69) is 37.1 Å². The Hall–Kier alpha value is -0.510. The summed E-state index contributed by atoms with van der Waals surface area (Å²) in [5.74, 6) is 0. The van der Waals surface area contributed by atoms with E-state index in [0.717, 1.165) is 24.7 Å². The molecule has 1 aliphatic rings. The standard InChI is InChI=1S/C10H19N3S/c1-5-6-11-9(14-4)13-8-10(2,3)7-12-13/h7H,5-6,8H2,1-4H3. The van der Waals surface area contributed by atoms with Crippen LogP contribution in [0.2, 0.25) is 0 Å². The quantitative estimate of drug-likeness (QED) is 0.520. The average molecular weight is 213 g/mol. The number of hydrogen-bond acceptors (Lipinski definition) is 3. The first-order valence-electron chi connectivity index (χ1n) is 5.00. The number of hydrogen-bond donors (Lipinski definition) is 0. The molecule has 0 amide bonds. The van der Waals surface area contributed by atoms with E-state index in [-0.39, 0.29) is 5.41 Å². The van der Waals surface area contributed by atoms with Crippen LogP contribution in [0.4, 0.5) is 0 Å². The molecule has 0 N–H and O–H groups in total. The highest BCUT2D eigenvalue weighted by molar-refractivity contribution is 8.13. The van der Waals surface area contributed by atoms with E-state index in [0.29, 0.717) is 0 Å². The van der Waals surface area contributed by atoms with Crippen LogP contribution in [0.1, 0.15) is 27.2 Å². The van der Waals surface area contributed by atoms with Crippen LogP contribution in [0, 0.1) is 5.41 Å². The Bertz CT molecular complexity index is 246. The lowest BCUT2D eigenvalue weighted by molar-refractivity contribution is 0.391. The molecule has 0 aliphatic carbocycles. The van der Waals surface area contributed by atoms with Crippen LogP contribution in [0.25, 0.3) is 0 Å². The van der Waals surface area contributed by atoms with Gasteiger partial charge in [-0.3, -0.25) is 4.99 Å². The third-order valence-electron chi connectivity index (χ3n) is 1.98. The number of thioether (sulfide) groups is 1. The van der Waals surface area contributed by atoms with Gasteiger partial charge in [0.2, 0.25) is 0 Å². The van der Waals surface area contributed by atoms with Crippen LogP contribution in [0.3, 0.4) is 0 Å². The molecule has 3 nitrogen and oxygen atoms in total. The van der Waals surface area contributed by atoms with E-state index < -0.39 is 0 Å². The summed E-state index contributed by atoms with van der Waals surface area (Å²) in [7, 11) is 0. The third-order valence-corrected chi connectivity index (χ3v) is 2.68. The minimum Gasteiger partial charge on any atom is -0.261 e. The highest BCUT2D eigenvalue weighted by atomic mass is 32.2. The highest BCUT2D eigenvalue weighted by Gasteiger charge is 2.27. The zero-order valence-corrected chi connectivity index (χ0v) is 10.3. The molecule has 1 heterocycles. The zero-order chi connectivity index (χ0) is 10.6. The molecule has 0 saturated heterocycles. The summed E-state index contributed by atoms with van der Waals surface area (Å²) in [5, 5.41) is 7.41. The molecule has 0 atom stereocenters.